The summed E-state index contributed by atoms with van der Waals surface area (Å²) in [5, 5.41) is 0. The molecule has 2 aliphatic rings. The third-order valence-corrected chi connectivity index (χ3v) is 6.52. The molecule has 172 valence electrons. The Balaban J connectivity index is 1.22. The number of halogens is 1. The molecule has 9 heteroatoms. The third-order valence-electron chi connectivity index (χ3n) is 6.52. The highest BCUT2D eigenvalue weighted by Gasteiger charge is 2.29. The van der Waals surface area contributed by atoms with Gasteiger partial charge in [0.1, 0.15) is 18.0 Å². The number of rotatable bonds is 5. The maximum absolute atomic E-state index is 13.2. The summed E-state index contributed by atoms with van der Waals surface area (Å²) in [6.07, 6.45) is 10.6. The summed E-state index contributed by atoms with van der Waals surface area (Å²) in [7, 11) is 0. The van der Waals surface area contributed by atoms with Gasteiger partial charge in [0.2, 0.25) is 11.9 Å². The van der Waals surface area contributed by atoms with E-state index < -0.39 is 0 Å². The Labute approximate surface area is 192 Å². The van der Waals surface area contributed by atoms with E-state index in [2.05, 4.69) is 19.8 Å². The van der Waals surface area contributed by atoms with Crippen molar-refractivity contribution in [3.63, 3.8) is 0 Å². The smallest absolute Gasteiger partial charge is 0.236 e. The Kier molecular flexibility index (Phi) is 6.19. The van der Waals surface area contributed by atoms with Crippen LogP contribution >= 0.6 is 0 Å². The van der Waals surface area contributed by atoms with Crippen LogP contribution in [0, 0.1) is 5.82 Å². The predicted molar refractivity (Wildman–Crippen MR) is 124 cm³/mol. The fraction of sp³-hybridized carbons (Fsp3) is 0.417. The number of amides is 1. The van der Waals surface area contributed by atoms with Crippen LogP contribution in [-0.2, 0) is 4.79 Å². The van der Waals surface area contributed by atoms with Gasteiger partial charge in [-0.3, -0.25) is 9.36 Å². The molecule has 1 unspecified atom stereocenters. The zero-order chi connectivity index (χ0) is 22.6. The Morgan fingerprint density at radius 1 is 1.00 bits per heavy atom. The first-order valence-electron chi connectivity index (χ1n) is 11.5. The highest BCUT2D eigenvalue weighted by atomic mass is 19.1. The van der Waals surface area contributed by atoms with Crippen molar-refractivity contribution in [2.24, 2.45) is 0 Å². The van der Waals surface area contributed by atoms with Gasteiger partial charge in [-0.05, 0) is 49.6 Å². The second-order valence-corrected chi connectivity index (χ2v) is 8.58. The molecule has 1 atom stereocenters. The number of piperidine rings is 1. The first kappa shape index (κ1) is 21.4. The van der Waals surface area contributed by atoms with Gasteiger partial charge in [-0.1, -0.05) is 0 Å². The summed E-state index contributed by atoms with van der Waals surface area (Å²) < 4.78 is 15.0. The molecule has 0 radical (unpaired) electrons. The molecule has 1 amide bonds. The summed E-state index contributed by atoms with van der Waals surface area (Å²) in [5.41, 5.74) is 0.999. The Morgan fingerprint density at radius 3 is 2.58 bits per heavy atom. The number of carbonyl (C=O) groups excluding carboxylic acids is 1. The van der Waals surface area contributed by atoms with Crippen molar-refractivity contribution < 1.29 is 9.18 Å². The minimum absolute atomic E-state index is 0.131. The second-order valence-electron chi connectivity index (χ2n) is 8.58. The zero-order valence-corrected chi connectivity index (χ0v) is 18.6. The van der Waals surface area contributed by atoms with E-state index in [1.54, 1.807) is 35.4 Å². The van der Waals surface area contributed by atoms with Crippen molar-refractivity contribution in [3.05, 3.63) is 61.1 Å². The molecule has 5 rings (SSSR count). The lowest BCUT2D eigenvalue weighted by Gasteiger charge is -2.39. The molecule has 2 fully saturated rings. The molecule has 0 spiro atoms. The summed E-state index contributed by atoms with van der Waals surface area (Å²) in [6.45, 7) is 3.76. The SMILES string of the molecule is O=C(CC1CCCCN1c1ccnc(-n2ccnc2)n1)N1CCN(c2ccc(F)cc2)CC1. The Bertz CT molecular complexity index is 1060. The topological polar surface area (TPSA) is 70.4 Å². The van der Waals surface area contributed by atoms with E-state index >= 15 is 0 Å². The Hall–Kier alpha value is -3.49. The van der Waals surface area contributed by atoms with Gasteiger partial charge in [-0.25, -0.2) is 14.4 Å². The average Bonchev–Trinajstić information content (AvgIpc) is 3.40. The van der Waals surface area contributed by atoms with E-state index in [-0.39, 0.29) is 17.8 Å². The van der Waals surface area contributed by atoms with Gasteiger partial charge in [-0.15, -0.1) is 0 Å². The van der Waals surface area contributed by atoms with Crippen molar-refractivity contribution in [1.82, 2.24) is 24.4 Å². The molecule has 3 aromatic rings. The van der Waals surface area contributed by atoms with Crippen molar-refractivity contribution >= 4 is 17.4 Å². The van der Waals surface area contributed by atoms with Crippen LogP contribution in [0.1, 0.15) is 25.7 Å². The van der Waals surface area contributed by atoms with Crippen LogP contribution < -0.4 is 9.80 Å². The maximum atomic E-state index is 13.2. The minimum atomic E-state index is -0.231. The molecule has 1 aromatic carbocycles. The van der Waals surface area contributed by atoms with Gasteiger partial charge >= 0.3 is 0 Å². The number of imidazole rings is 1. The molecule has 8 nitrogen and oxygen atoms in total. The standard InChI is InChI=1S/C24H28FN7O/c25-19-4-6-20(7-5-19)29-13-15-30(16-14-29)23(33)17-21-3-1-2-11-32(21)22-8-9-27-24(28-22)31-12-10-26-18-31/h4-10,12,18,21H,1-3,11,13-17H2. The zero-order valence-electron chi connectivity index (χ0n) is 18.6. The first-order chi connectivity index (χ1) is 16.2. The quantitative estimate of drug-likeness (QED) is 0.597. The van der Waals surface area contributed by atoms with Crippen molar-refractivity contribution in [1.29, 1.82) is 0 Å². The van der Waals surface area contributed by atoms with Crippen LogP contribution in [0.5, 0.6) is 0 Å². The Morgan fingerprint density at radius 2 is 1.82 bits per heavy atom. The largest absolute Gasteiger partial charge is 0.368 e. The lowest BCUT2D eigenvalue weighted by atomic mass is 9.98. The fourth-order valence-electron chi connectivity index (χ4n) is 4.71. The summed E-state index contributed by atoms with van der Waals surface area (Å²) in [6, 6.07) is 8.61. The third kappa shape index (κ3) is 4.81. The average molecular weight is 450 g/mol. The molecule has 0 N–H and O–H groups in total. The first-order valence-corrected chi connectivity index (χ1v) is 11.5. The van der Waals surface area contributed by atoms with E-state index in [0.29, 0.717) is 25.5 Å². The number of piperazine rings is 1. The van der Waals surface area contributed by atoms with E-state index in [0.717, 1.165) is 50.4 Å². The molecular formula is C24H28FN7O. The van der Waals surface area contributed by atoms with E-state index in [1.807, 2.05) is 17.2 Å². The lowest BCUT2D eigenvalue weighted by Crippen LogP contribution is -2.51. The maximum Gasteiger partial charge on any atom is 0.236 e. The van der Waals surface area contributed by atoms with Crippen LogP contribution in [0.25, 0.3) is 5.95 Å². The fourth-order valence-corrected chi connectivity index (χ4v) is 4.71. The van der Waals surface area contributed by atoms with Crippen molar-refractivity contribution in [2.45, 2.75) is 31.7 Å². The van der Waals surface area contributed by atoms with Gasteiger partial charge in [0.05, 0.1) is 0 Å². The highest BCUT2D eigenvalue weighted by Crippen LogP contribution is 2.26. The van der Waals surface area contributed by atoms with Crippen LogP contribution in [0.4, 0.5) is 15.9 Å². The van der Waals surface area contributed by atoms with Crippen LogP contribution in [0.2, 0.25) is 0 Å². The van der Waals surface area contributed by atoms with Gasteiger partial charge in [-0.2, -0.15) is 4.98 Å². The predicted octanol–water partition coefficient (Wildman–Crippen LogP) is 2.90. The number of nitrogens with zero attached hydrogens (tertiary/aromatic N) is 7. The van der Waals surface area contributed by atoms with E-state index in [1.165, 1.54) is 12.1 Å². The molecule has 0 aliphatic carbocycles. The number of anilines is 2. The number of benzene rings is 1. The summed E-state index contributed by atoms with van der Waals surface area (Å²) >= 11 is 0. The normalized spacial score (nSPS) is 19.1. The second kappa shape index (κ2) is 9.56. The molecule has 33 heavy (non-hydrogen) atoms. The lowest BCUT2D eigenvalue weighted by molar-refractivity contribution is -0.132. The van der Waals surface area contributed by atoms with E-state index in [4.69, 9.17) is 4.98 Å². The number of aromatic nitrogens is 4. The van der Waals surface area contributed by atoms with Crippen LogP contribution in [-0.4, -0.2) is 69.1 Å². The molecule has 4 heterocycles. The van der Waals surface area contributed by atoms with Crippen molar-refractivity contribution in [3.8, 4) is 5.95 Å². The number of carbonyl (C=O) groups is 1. The van der Waals surface area contributed by atoms with Crippen molar-refractivity contribution in [2.75, 3.05) is 42.5 Å². The number of hydrogen-bond acceptors (Lipinski definition) is 6. The van der Waals surface area contributed by atoms with Crippen LogP contribution in [0.15, 0.2) is 55.2 Å². The molecule has 0 bridgehead atoms. The monoisotopic (exact) mass is 449 g/mol. The summed E-state index contributed by atoms with van der Waals surface area (Å²) in [5.74, 6) is 1.39. The summed E-state index contributed by atoms with van der Waals surface area (Å²) in [4.78, 5) is 32.8. The van der Waals surface area contributed by atoms with Gasteiger partial charge < -0.3 is 14.7 Å². The van der Waals surface area contributed by atoms with Crippen LogP contribution in [0.3, 0.4) is 0 Å². The van der Waals surface area contributed by atoms with Gasteiger partial charge in [0.15, 0.2) is 0 Å². The number of hydrogen-bond donors (Lipinski definition) is 0. The minimum Gasteiger partial charge on any atom is -0.368 e. The van der Waals surface area contributed by atoms with Gasteiger partial charge in [0, 0.05) is 69.5 Å². The highest BCUT2D eigenvalue weighted by molar-refractivity contribution is 5.77. The molecule has 2 aliphatic heterocycles. The van der Waals surface area contributed by atoms with Gasteiger partial charge in [0.25, 0.3) is 0 Å². The molecule has 2 saturated heterocycles. The molecular weight excluding hydrogens is 421 g/mol. The molecule has 0 saturated carbocycles. The molecule has 2 aromatic heterocycles. The van der Waals surface area contributed by atoms with E-state index in [9.17, 15) is 9.18 Å².